The molecule has 3 nitrogen and oxygen atoms in total. The van der Waals surface area contributed by atoms with E-state index in [-0.39, 0.29) is 6.42 Å². The lowest BCUT2D eigenvalue weighted by Crippen LogP contribution is -2.06. The van der Waals surface area contributed by atoms with Gasteiger partial charge in [-0.1, -0.05) is 17.7 Å². The molecule has 0 aliphatic rings. The number of hydrogen-bond donors (Lipinski definition) is 1. The summed E-state index contributed by atoms with van der Waals surface area (Å²) in [7, 11) is 0. The molecule has 1 aromatic heterocycles. The predicted octanol–water partition coefficient (Wildman–Crippen LogP) is 2.41. The summed E-state index contributed by atoms with van der Waals surface area (Å²) in [5.41, 5.74) is 2.97. The van der Waals surface area contributed by atoms with Crippen LogP contribution in [0.3, 0.4) is 0 Å². The molecule has 0 saturated carbocycles. The van der Waals surface area contributed by atoms with Crippen molar-refractivity contribution >= 4 is 5.97 Å². The van der Waals surface area contributed by atoms with Gasteiger partial charge in [0, 0.05) is 17.6 Å². The molecular formula is C13H13NO2. The van der Waals surface area contributed by atoms with Crippen molar-refractivity contribution in [2.75, 3.05) is 0 Å². The summed E-state index contributed by atoms with van der Waals surface area (Å²) in [5.74, 6) is -0.813. The molecule has 2 rings (SSSR count). The van der Waals surface area contributed by atoms with Crippen LogP contribution < -0.4 is 0 Å². The first-order chi connectivity index (χ1) is 7.66. The third kappa shape index (κ3) is 2.14. The van der Waals surface area contributed by atoms with Gasteiger partial charge in [0.25, 0.3) is 0 Å². The lowest BCUT2D eigenvalue weighted by atomic mass is 10.2. The smallest absolute Gasteiger partial charge is 0.309 e. The molecule has 1 heterocycles. The van der Waals surface area contributed by atoms with Gasteiger partial charge in [0.05, 0.1) is 6.42 Å². The lowest BCUT2D eigenvalue weighted by Gasteiger charge is -2.07. The maximum atomic E-state index is 10.7. The first kappa shape index (κ1) is 10.5. The zero-order valence-electron chi connectivity index (χ0n) is 9.05. The average molecular weight is 215 g/mol. The molecule has 0 aliphatic heterocycles. The van der Waals surface area contributed by atoms with Crippen molar-refractivity contribution in [3.63, 3.8) is 0 Å². The Bertz CT molecular complexity index is 497. The second-order valence-corrected chi connectivity index (χ2v) is 3.78. The molecule has 1 N–H and O–H groups in total. The van der Waals surface area contributed by atoms with Crippen LogP contribution in [0.15, 0.2) is 42.6 Å². The number of aromatic nitrogens is 1. The van der Waals surface area contributed by atoms with Crippen molar-refractivity contribution in [2.24, 2.45) is 0 Å². The molecule has 0 unspecified atom stereocenters. The topological polar surface area (TPSA) is 42.2 Å². The number of aliphatic carboxylic acids is 1. The van der Waals surface area contributed by atoms with Crippen LogP contribution in [-0.2, 0) is 11.2 Å². The Morgan fingerprint density at radius 3 is 2.56 bits per heavy atom. The van der Waals surface area contributed by atoms with Crippen LogP contribution >= 0.6 is 0 Å². The molecule has 16 heavy (non-hydrogen) atoms. The van der Waals surface area contributed by atoms with Crippen molar-refractivity contribution in [1.29, 1.82) is 0 Å². The molecule has 0 bridgehead atoms. The molecule has 82 valence electrons. The Balaban J connectivity index is 2.36. The molecule has 1 aromatic carbocycles. The number of carboxylic acid groups (broad SMARTS) is 1. The molecule has 0 amide bonds. The second-order valence-electron chi connectivity index (χ2n) is 3.78. The minimum Gasteiger partial charge on any atom is -0.481 e. The van der Waals surface area contributed by atoms with E-state index >= 15 is 0 Å². The number of benzene rings is 1. The van der Waals surface area contributed by atoms with E-state index in [1.165, 1.54) is 5.56 Å². The minimum absolute atomic E-state index is 0.0425. The highest BCUT2D eigenvalue weighted by atomic mass is 16.4. The van der Waals surface area contributed by atoms with E-state index in [2.05, 4.69) is 0 Å². The molecule has 0 atom stereocenters. The van der Waals surface area contributed by atoms with Crippen molar-refractivity contribution in [3.8, 4) is 5.69 Å². The normalized spacial score (nSPS) is 10.3. The average Bonchev–Trinajstić information content (AvgIpc) is 2.66. The Labute approximate surface area is 94.0 Å². The number of rotatable bonds is 3. The molecule has 2 aromatic rings. The van der Waals surface area contributed by atoms with Gasteiger partial charge < -0.3 is 9.67 Å². The molecule has 0 radical (unpaired) electrons. The fraction of sp³-hybridized carbons (Fsp3) is 0.154. The monoisotopic (exact) mass is 215 g/mol. The zero-order valence-corrected chi connectivity index (χ0v) is 9.05. The summed E-state index contributed by atoms with van der Waals surface area (Å²) in [6, 6.07) is 11.7. The van der Waals surface area contributed by atoms with E-state index in [0.717, 1.165) is 11.4 Å². The van der Waals surface area contributed by atoms with Gasteiger partial charge in [0.15, 0.2) is 0 Å². The highest BCUT2D eigenvalue weighted by Gasteiger charge is 2.06. The molecule has 3 heteroatoms. The summed E-state index contributed by atoms with van der Waals surface area (Å²) in [4.78, 5) is 10.7. The fourth-order valence-corrected chi connectivity index (χ4v) is 1.67. The van der Waals surface area contributed by atoms with Crippen LogP contribution in [0.4, 0.5) is 0 Å². The van der Waals surface area contributed by atoms with E-state index < -0.39 is 5.97 Å². The van der Waals surface area contributed by atoms with Gasteiger partial charge in [0.1, 0.15) is 0 Å². The molecule has 0 saturated heterocycles. The minimum atomic E-state index is -0.813. The summed E-state index contributed by atoms with van der Waals surface area (Å²) in [5, 5.41) is 8.79. The first-order valence-electron chi connectivity index (χ1n) is 5.12. The SMILES string of the molecule is Cc1ccc(-n2cccc2CC(=O)O)cc1. The predicted molar refractivity (Wildman–Crippen MR) is 61.8 cm³/mol. The highest BCUT2D eigenvalue weighted by Crippen LogP contribution is 2.14. The zero-order chi connectivity index (χ0) is 11.5. The van der Waals surface area contributed by atoms with Crippen LogP contribution in [0.2, 0.25) is 0 Å². The maximum Gasteiger partial charge on any atom is 0.309 e. The second kappa shape index (κ2) is 4.23. The van der Waals surface area contributed by atoms with Crippen LogP contribution in [0, 0.1) is 6.92 Å². The number of carbonyl (C=O) groups is 1. The van der Waals surface area contributed by atoms with Crippen LogP contribution in [0.25, 0.3) is 5.69 Å². The summed E-state index contributed by atoms with van der Waals surface area (Å²) < 4.78 is 1.90. The molecule has 0 spiro atoms. The quantitative estimate of drug-likeness (QED) is 0.854. The van der Waals surface area contributed by atoms with Gasteiger partial charge >= 0.3 is 5.97 Å². The number of hydrogen-bond acceptors (Lipinski definition) is 1. The third-order valence-electron chi connectivity index (χ3n) is 2.48. The standard InChI is InChI=1S/C13H13NO2/c1-10-4-6-11(7-5-10)14-8-2-3-12(14)9-13(15)16/h2-8H,9H2,1H3,(H,15,16). The largest absolute Gasteiger partial charge is 0.481 e. The third-order valence-corrected chi connectivity index (χ3v) is 2.48. The Kier molecular flexibility index (Phi) is 2.77. The summed E-state index contributed by atoms with van der Waals surface area (Å²) >= 11 is 0. The van der Waals surface area contributed by atoms with Crippen molar-refractivity contribution in [2.45, 2.75) is 13.3 Å². The lowest BCUT2D eigenvalue weighted by molar-refractivity contribution is -0.136. The van der Waals surface area contributed by atoms with Gasteiger partial charge in [-0.2, -0.15) is 0 Å². The molecular weight excluding hydrogens is 202 g/mol. The van der Waals surface area contributed by atoms with Gasteiger partial charge in [-0.3, -0.25) is 4.79 Å². The Morgan fingerprint density at radius 1 is 1.25 bits per heavy atom. The van der Waals surface area contributed by atoms with Gasteiger partial charge in [-0.05, 0) is 31.2 Å². The van der Waals surface area contributed by atoms with Crippen LogP contribution in [0.1, 0.15) is 11.3 Å². The van der Waals surface area contributed by atoms with Crippen LogP contribution in [-0.4, -0.2) is 15.6 Å². The van der Waals surface area contributed by atoms with E-state index in [0.29, 0.717) is 0 Å². The first-order valence-corrected chi connectivity index (χ1v) is 5.12. The molecule has 0 aliphatic carbocycles. The number of aryl methyl sites for hydroxylation is 1. The Hall–Kier alpha value is -2.03. The van der Waals surface area contributed by atoms with Gasteiger partial charge in [-0.25, -0.2) is 0 Å². The van der Waals surface area contributed by atoms with E-state index in [9.17, 15) is 4.79 Å². The highest BCUT2D eigenvalue weighted by molar-refractivity contribution is 5.70. The summed E-state index contributed by atoms with van der Waals surface area (Å²) in [6.07, 6.45) is 1.92. The fourth-order valence-electron chi connectivity index (χ4n) is 1.67. The van der Waals surface area contributed by atoms with Crippen LogP contribution in [0.5, 0.6) is 0 Å². The van der Waals surface area contributed by atoms with Crippen molar-refractivity contribution in [3.05, 3.63) is 53.9 Å². The Morgan fingerprint density at radius 2 is 1.94 bits per heavy atom. The summed E-state index contributed by atoms with van der Waals surface area (Å²) in [6.45, 7) is 2.03. The van der Waals surface area contributed by atoms with E-state index in [1.807, 2.05) is 54.1 Å². The van der Waals surface area contributed by atoms with Gasteiger partial charge in [-0.15, -0.1) is 0 Å². The van der Waals surface area contributed by atoms with E-state index in [4.69, 9.17) is 5.11 Å². The van der Waals surface area contributed by atoms with Crippen molar-refractivity contribution in [1.82, 2.24) is 4.57 Å². The van der Waals surface area contributed by atoms with E-state index in [1.54, 1.807) is 0 Å². The number of carboxylic acids is 1. The van der Waals surface area contributed by atoms with Crippen molar-refractivity contribution < 1.29 is 9.90 Å². The van der Waals surface area contributed by atoms with Gasteiger partial charge in [0.2, 0.25) is 0 Å². The molecule has 0 fully saturated rings. The maximum absolute atomic E-state index is 10.7. The number of nitrogens with zero attached hydrogens (tertiary/aromatic N) is 1.